The van der Waals surface area contributed by atoms with Gasteiger partial charge in [0.05, 0.1) is 33.4 Å². The Labute approximate surface area is 180 Å². The maximum Gasteiger partial charge on any atom is 0.360 e. The van der Waals surface area contributed by atoms with E-state index < -0.39 is 5.97 Å². The first-order chi connectivity index (χ1) is 14.0. The number of aromatic amines is 1. The third-order valence-electron chi connectivity index (χ3n) is 4.51. The monoisotopic (exact) mass is 470 g/mol. The van der Waals surface area contributed by atoms with Crippen LogP contribution in [0, 0.1) is 0 Å². The lowest BCUT2D eigenvalue weighted by Gasteiger charge is -2.09. The third kappa shape index (κ3) is 3.50. The number of esters is 1. The highest BCUT2D eigenvalue weighted by Gasteiger charge is 2.25. The Morgan fingerprint density at radius 3 is 2.48 bits per heavy atom. The van der Waals surface area contributed by atoms with E-state index in [0.717, 1.165) is 16.8 Å². The molecule has 4 rings (SSSR count). The summed E-state index contributed by atoms with van der Waals surface area (Å²) >= 11 is 9.59. The van der Waals surface area contributed by atoms with Crippen molar-refractivity contribution in [2.24, 2.45) is 0 Å². The molecule has 2 aromatic carbocycles. The smallest absolute Gasteiger partial charge is 0.360 e. The van der Waals surface area contributed by atoms with E-state index in [-0.39, 0.29) is 18.1 Å². The normalized spacial score (nSPS) is 11.0. The summed E-state index contributed by atoms with van der Waals surface area (Å²) < 4.78 is 5.71. The fourth-order valence-electron chi connectivity index (χ4n) is 3.18. The zero-order chi connectivity index (χ0) is 20.5. The minimum atomic E-state index is -0.676. The number of hydrogen-bond acceptors (Lipinski definition) is 4. The Hall–Kier alpha value is -2.83. The second-order valence-corrected chi connectivity index (χ2v) is 7.54. The van der Waals surface area contributed by atoms with Gasteiger partial charge in [-0.15, -0.1) is 0 Å². The molecular weight excluding hydrogens is 456 g/mol. The molecule has 0 atom stereocenters. The molecule has 29 heavy (non-hydrogen) atoms. The van der Waals surface area contributed by atoms with Crippen molar-refractivity contribution in [3.8, 4) is 28.3 Å². The van der Waals surface area contributed by atoms with Gasteiger partial charge in [-0.05, 0) is 40.5 Å². The van der Waals surface area contributed by atoms with Crippen molar-refractivity contribution in [1.82, 2.24) is 9.97 Å². The quantitative estimate of drug-likeness (QED) is 0.348. The van der Waals surface area contributed by atoms with Gasteiger partial charge >= 0.3 is 5.97 Å². The highest BCUT2D eigenvalue weighted by Crippen LogP contribution is 2.43. The van der Waals surface area contributed by atoms with Crippen molar-refractivity contribution in [3.05, 3.63) is 69.8 Å². The first kappa shape index (κ1) is 19.5. The molecule has 0 aliphatic heterocycles. The average Bonchev–Trinajstić information content (AvgIpc) is 3.07. The zero-order valence-electron chi connectivity index (χ0n) is 15.4. The first-order valence-corrected chi connectivity index (χ1v) is 10.1. The molecule has 0 saturated carbocycles. The summed E-state index contributed by atoms with van der Waals surface area (Å²) in [6.07, 6.45) is 0. The maximum atomic E-state index is 12.4. The van der Waals surface area contributed by atoms with Crippen LogP contribution in [-0.2, 0) is 4.74 Å². The summed E-state index contributed by atoms with van der Waals surface area (Å²) in [5.74, 6) is -0.910. The highest BCUT2D eigenvalue weighted by atomic mass is 79.9. The lowest BCUT2D eigenvalue weighted by atomic mass is 10.1. The number of carbonyl (C=O) groups excluding carboxylic acids is 1. The van der Waals surface area contributed by atoms with Crippen molar-refractivity contribution in [2.75, 3.05) is 6.61 Å². The Morgan fingerprint density at radius 2 is 1.83 bits per heavy atom. The standard InChI is InChI=1S/C22H16BrClN2O3/c1-2-29-22(28)20-21(27)15-16(23)17(13-8-10-14(24)11-9-13)25-19(15)18(26-20)12-6-4-3-5-7-12/h3-11,25,27H,2H2,1H3. The van der Waals surface area contributed by atoms with E-state index >= 15 is 0 Å². The molecular formula is C22H16BrClN2O3. The molecule has 2 N–H and O–H groups in total. The van der Waals surface area contributed by atoms with Crippen LogP contribution in [-0.4, -0.2) is 27.7 Å². The van der Waals surface area contributed by atoms with Crippen molar-refractivity contribution in [3.63, 3.8) is 0 Å². The van der Waals surface area contributed by atoms with E-state index in [1.54, 1.807) is 19.1 Å². The van der Waals surface area contributed by atoms with Crippen LogP contribution in [0.3, 0.4) is 0 Å². The number of hydrogen-bond donors (Lipinski definition) is 2. The number of rotatable bonds is 4. The molecule has 0 aliphatic rings. The molecule has 0 fully saturated rings. The van der Waals surface area contributed by atoms with Gasteiger partial charge in [-0.1, -0.05) is 54.1 Å². The van der Waals surface area contributed by atoms with Gasteiger partial charge in [-0.2, -0.15) is 0 Å². The lowest BCUT2D eigenvalue weighted by Crippen LogP contribution is -2.08. The van der Waals surface area contributed by atoms with Gasteiger partial charge in [-0.25, -0.2) is 9.78 Å². The van der Waals surface area contributed by atoms with Crippen molar-refractivity contribution in [2.45, 2.75) is 6.92 Å². The molecule has 7 heteroatoms. The van der Waals surface area contributed by atoms with Crippen LogP contribution in [0.2, 0.25) is 5.02 Å². The Kier molecular flexibility index (Phi) is 5.30. The fourth-order valence-corrected chi connectivity index (χ4v) is 4.02. The number of aromatic nitrogens is 2. The second kappa shape index (κ2) is 7.89. The van der Waals surface area contributed by atoms with Crippen molar-refractivity contribution < 1.29 is 14.6 Å². The topological polar surface area (TPSA) is 75.2 Å². The van der Waals surface area contributed by atoms with Crippen LogP contribution in [0.15, 0.2) is 59.1 Å². The van der Waals surface area contributed by atoms with Gasteiger partial charge < -0.3 is 14.8 Å². The molecule has 2 heterocycles. The van der Waals surface area contributed by atoms with Crippen LogP contribution in [0.25, 0.3) is 33.4 Å². The maximum absolute atomic E-state index is 12.4. The number of aromatic hydroxyl groups is 1. The van der Waals surface area contributed by atoms with Crippen LogP contribution in [0.4, 0.5) is 0 Å². The van der Waals surface area contributed by atoms with Crippen LogP contribution in [0.1, 0.15) is 17.4 Å². The minimum absolute atomic E-state index is 0.124. The molecule has 0 spiro atoms. The van der Waals surface area contributed by atoms with Gasteiger partial charge in [0.1, 0.15) is 0 Å². The van der Waals surface area contributed by atoms with Crippen molar-refractivity contribution >= 4 is 44.4 Å². The summed E-state index contributed by atoms with van der Waals surface area (Å²) in [6, 6.07) is 16.8. The molecule has 0 bridgehead atoms. The molecule has 0 saturated heterocycles. The Balaban J connectivity index is 2.04. The number of benzene rings is 2. The van der Waals surface area contributed by atoms with Gasteiger partial charge in [0, 0.05) is 10.6 Å². The molecule has 2 aromatic heterocycles. The van der Waals surface area contributed by atoms with Gasteiger partial charge in [0.15, 0.2) is 11.4 Å². The number of nitrogens with one attached hydrogen (secondary N) is 1. The number of ether oxygens (including phenoxy) is 1. The van der Waals surface area contributed by atoms with Crippen LogP contribution >= 0.6 is 27.5 Å². The summed E-state index contributed by atoms with van der Waals surface area (Å²) in [7, 11) is 0. The number of nitrogens with zero attached hydrogens (tertiary/aromatic N) is 1. The SMILES string of the molecule is CCOC(=O)c1nc(-c2ccccc2)c2[nH]c(-c3ccc(Cl)cc3)c(Br)c2c1O. The largest absolute Gasteiger partial charge is 0.505 e. The Morgan fingerprint density at radius 1 is 1.14 bits per heavy atom. The number of carbonyl (C=O) groups is 1. The predicted molar refractivity (Wildman–Crippen MR) is 117 cm³/mol. The number of fused-ring (bicyclic) bond motifs is 1. The number of H-pyrrole nitrogens is 1. The van der Waals surface area contributed by atoms with E-state index in [9.17, 15) is 9.90 Å². The van der Waals surface area contributed by atoms with Gasteiger partial charge in [0.2, 0.25) is 0 Å². The predicted octanol–water partition coefficient (Wildman–Crippen LogP) is 6.20. The summed E-state index contributed by atoms with van der Waals surface area (Å²) in [4.78, 5) is 20.2. The number of pyridine rings is 1. The fraction of sp³-hybridized carbons (Fsp3) is 0.0909. The van der Waals surface area contributed by atoms with Crippen LogP contribution < -0.4 is 0 Å². The minimum Gasteiger partial charge on any atom is -0.505 e. The summed E-state index contributed by atoms with van der Waals surface area (Å²) in [5, 5.41) is 12.0. The first-order valence-electron chi connectivity index (χ1n) is 8.93. The molecule has 0 radical (unpaired) electrons. The number of halogens is 2. The molecule has 5 nitrogen and oxygen atoms in total. The Bertz CT molecular complexity index is 1200. The van der Waals surface area contributed by atoms with E-state index in [1.807, 2.05) is 42.5 Å². The van der Waals surface area contributed by atoms with E-state index in [1.165, 1.54) is 0 Å². The molecule has 146 valence electrons. The highest BCUT2D eigenvalue weighted by molar-refractivity contribution is 9.10. The summed E-state index contributed by atoms with van der Waals surface area (Å²) in [6.45, 7) is 1.89. The molecule has 0 amide bonds. The van der Waals surface area contributed by atoms with Crippen LogP contribution in [0.5, 0.6) is 5.75 Å². The third-order valence-corrected chi connectivity index (χ3v) is 5.55. The van der Waals surface area contributed by atoms with E-state index in [4.69, 9.17) is 16.3 Å². The molecule has 4 aromatic rings. The molecule has 0 unspecified atom stereocenters. The average molecular weight is 472 g/mol. The summed E-state index contributed by atoms with van der Waals surface area (Å²) in [5.41, 5.74) is 3.45. The zero-order valence-corrected chi connectivity index (χ0v) is 17.7. The molecule has 0 aliphatic carbocycles. The van der Waals surface area contributed by atoms with Gasteiger partial charge in [-0.3, -0.25) is 0 Å². The second-order valence-electron chi connectivity index (χ2n) is 6.31. The van der Waals surface area contributed by atoms with E-state index in [2.05, 4.69) is 25.9 Å². The van der Waals surface area contributed by atoms with Crippen molar-refractivity contribution in [1.29, 1.82) is 0 Å². The lowest BCUT2D eigenvalue weighted by molar-refractivity contribution is 0.0516. The van der Waals surface area contributed by atoms with E-state index in [0.29, 0.717) is 26.1 Å². The van der Waals surface area contributed by atoms with Gasteiger partial charge in [0.25, 0.3) is 0 Å².